The minimum atomic E-state index is -0.818. The Morgan fingerprint density at radius 3 is 2.70 bits per heavy atom. The quantitative estimate of drug-likeness (QED) is 0.534. The van der Waals surface area contributed by atoms with Gasteiger partial charge in [0.15, 0.2) is 0 Å². The highest BCUT2D eigenvalue weighted by molar-refractivity contribution is 8.01. The van der Waals surface area contributed by atoms with E-state index in [1.54, 1.807) is 48.9 Å². The van der Waals surface area contributed by atoms with Crippen molar-refractivity contribution in [1.29, 1.82) is 0 Å². The maximum atomic E-state index is 13.0. The third kappa shape index (κ3) is 4.09. The van der Waals surface area contributed by atoms with Crippen LogP contribution >= 0.6 is 11.8 Å². The fourth-order valence-corrected chi connectivity index (χ4v) is 3.96. The normalized spacial score (nSPS) is 17.0. The summed E-state index contributed by atoms with van der Waals surface area (Å²) in [5, 5.41) is 10.7. The van der Waals surface area contributed by atoms with E-state index in [1.807, 2.05) is 12.1 Å². The summed E-state index contributed by atoms with van der Waals surface area (Å²) in [6.07, 6.45) is 1.36. The average Bonchev–Trinajstić information content (AvgIpc) is 2.68. The number of pyridine rings is 1. The molecular formula is C18H18N4O4S. The van der Waals surface area contributed by atoms with Crippen LogP contribution in [0.5, 0.6) is 0 Å². The fourth-order valence-electron chi connectivity index (χ4n) is 2.76. The topological polar surface area (TPSA) is 112 Å². The number of hydrogen-bond acceptors (Lipinski definition) is 6. The first-order valence-electron chi connectivity index (χ1n) is 8.25. The van der Waals surface area contributed by atoms with Crippen molar-refractivity contribution in [2.45, 2.75) is 29.5 Å². The van der Waals surface area contributed by atoms with Crippen molar-refractivity contribution in [1.82, 2.24) is 10.5 Å². The van der Waals surface area contributed by atoms with Gasteiger partial charge in [0.05, 0.1) is 10.9 Å². The van der Waals surface area contributed by atoms with Gasteiger partial charge in [-0.25, -0.2) is 10.5 Å². The molecule has 0 aliphatic carbocycles. The van der Waals surface area contributed by atoms with Crippen molar-refractivity contribution >= 4 is 41.0 Å². The summed E-state index contributed by atoms with van der Waals surface area (Å²) in [5.41, 5.74) is 2.15. The first kappa shape index (κ1) is 18.9. The van der Waals surface area contributed by atoms with Crippen LogP contribution in [-0.4, -0.2) is 39.2 Å². The second-order valence-electron chi connectivity index (χ2n) is 5.90. The number of hydroxylamine groups is 1. The van der Waals surface area contributed by atoms with E-state index < -0.39 is 23.1 Å². The molecule has 0 fully saturated rings. The molecule has 1 aliphatic rings. The molecule has 3 amide bonds. The summed E-state index contributed by atoms with van der Waals surface area (Å²) in [6, 6.07) is 11.5. The molecule has 9 heteroatoms. The minimum absolute atomic E-state index is 0.195. The summed E-state index contributed by atoms with van der Waals surface area (Å²) in [7, 11) is 0. The first-order valence-corrected chi connectivity index (χ1v) is 9.13. The summed E-state index contributed by atoms with van der Waals surface area (Å²) in [4.78, 5) is 43.4. The highest BCUT2D eigenvalue weighted by Crippen LogP contribution is 2.41. The largest absolute Gasteiger partial charge is 0.309 e. The Morgan fingerprint density at radius 1 is 1.26 bits per heavy atom. The molecule has 0 bridgehead atoms. The molecule has 3 N–H and O–H groups in total. The zero-order valence-corrected chi connectivity index (χ0v) is 15.3. The lowest BCUT2D eigenvalue weighted by atomic mass is 10.1. The Morgan fingerprint density at radius 2 is 2.00 bits per heavy atom. The Kier molecular flexibility index (Phi) is 5.72. The van der Waals surface area contributed by atoms with E-state index in [2.05, 4.69) is 10.3 Å². The van der Waals surface area contributed by atoms with Gasteiger partial charge < -0.3 is 5.32 Å². The molecule has 27 heavy (non-hydrogen) atoms. The van der Waals surface area contributed by atoms with Crippen molar-refractivity contribution in [3.8, 4) is 0 Å². The molecule has 0 saturated heterocycles. The maximum Gasteiger partial charge on any atom is 0.248 e. The Balaban J connectivity index is 1.87. The molecule has 2 heterocycles. The number of amides is 3. The van der Waals surface area contributed by atoms with E-state index in [-0.39, 0.29) is 12.3 Å². The van der Waals surface area contributed by atoms with Crippen molar-refractivity contribution in [3.63, 3.8) is 0 Å². The Bertz CT molecular complexity index is 861. The van der Waals surface area contributed by atoms with Gasteiger partial charge in [-0.1, -0.05) is 18.2 Å². The van der Waals surface area contributed by atoms with E-state index >= 15 is 0 Å². The van der Waals surface area contributed by atoms with E-state index in [4.69, 9.17) is 5.21 Å². The van der Waals surface area contributed by atoms with E-state index in [9.17, 15) is 14.4 Å². The lowest BCUT2D eigenvalue weighted by Crippen LogP contribution is -2.51. The molecule has 140 valence electrons. The highest BCUT2D eigenvalue weighted by atomic mass is 32.2. The molecule has 0 spiro atoms. The maximum absolute atomic E-state index is 13.0. The van der Waals surface area contributed by atoms with Crippen LogP contribution in [0.1, 0.15) is 13.3 Å². The van der Waals surface area contributed by atoms with Gasteiger partial charge in [-0.3, -0.25) is 24.5 Å². The zero-order chi connectivity index (χ0) is 19.4. The Labute approximate surface area is 159 Å². The molecule has 1 aliphatic heterocycles. The number of fused-ring (bicyclic) bond motifs is 1. The van der Waals surface area contributed by atoms with Gasteiger partial charge in [0.1, 0.15) is 11.9 Å². The smallest absolute Gasteiger partial charge is 0.248 e. The summed E-state index contributed by atoms with van der Waals surface area (Å²) >= 11 is 1.24. The molecule has 1 aromatic heterocycles. The zero-order valence-electron chi connectivity index (χ0n) is 14.5. The number of thioether (sulfide) groups is 1. The van der Waals surface area contributed by atoms with Gasteiger partial charge in [-0.2, -0.15) is 0 Å². The number of nitrogens with one attached hydrogen (secondary N) is 2. The predicted molar refractivity (Wildman–Crippen MR) is 100 cm³/mol. The van der Waals surface area contributed by atoms with Crippen molar-refractivity contribution in [2.24, 2.45) is 0 Å². The number of benzene rings is 1. The second-order valence-corrected chi connectivity index (χ2v) is 7.15. The van der Waals surface area contributed by atoms with Crippen LogP contribution in [0.3, 0.4) is 0 Å². The van der Waals surface area contributed by atoms with E-state index in [0.717, 1.165) is 4.90 Å². The number of rotatable bonds is 5. The van der Waals surface area contributed by atoms with Gasteiger partial charge >= 0.3 is 0 Å². The van der Waals surface area contributed by atoms with Crippen molar-refractivity contribution < 1.29 is 19.6 Å². The van der Waals surface area contributed by atoms with Gasteiger partial charge in [0, 0.05) is 17.5 Å². The predicted octanol–water partition coefficient (Wildman–Crippen LogP) is 1.81. The molecule has 0 saturated carbocycles. The monoisotopic (exact) mass is 386 g/mol. The molecule has 2 unspecified atom stereocenters. The molecule has 2 aromatic rings. The van der Waals surface area contributed by atoms with Gasteiger partial charge in [0.2, 0.25) is 17.7 Å². The number of carbonyl (C=O) groups excluding carboxylic acids is 3. The molecule has 2 atom stereocenters. The summed E-state index contributed by atoms with van der Waals surface area (Å²) < 4.78 is 0. The van der Waals surface area contributed by atoms with Crippen LogP contribution in [-0.2, 0) is 14.4 Å². The first-order chi connectivity index (χ1) is 13.0. The average molecular weight is 386 g/mol. The highest BCUT2D eigenvalue weighted by Gasteiger charge is 2.39. The number of nitrogens with zero attached hydrogens (tertiary/aromatic N) is 2. The van der Waals surface area contributed by atoms with Crippen LogP contribution in [0.4, 0.5) is 11.5 Å². The molecule has 0 radical (unpaired) electrons. The lowest BCUT2D eigenvalue weighted by Gasteiger charge is -2.36. The number of para-hydroxylation sites is 1. The standard InChI is InChI=1S/C18H18N4O4S/c1-11(17(24)20-15-8-4-5-9-19-15)22-12-6-2-3-7-13(12)27-14(18(22)25)10-16(23)21-26/h2-9,11,14,26H,10H2,1H3,(H,21,23)(H,19,20,24). The number of carbonyl (C=O) groups is 3. The SMILES string of the molecule is CC(C(=O)Nc1ccccn1)N1C(=O)C(CC(=O)NO)Sc2ccccc21. The number of hydrogen-bond donors (Lipinski definition) is 3. The lowest BCUT2D eigenvalue weighted by molar-refractivity contribution is -0.131. The van der Waals surface area contributed by atoms with Crippen LogP contribution < -0.4 is 15.7 Å². The number of anilines is 2. The summed E-state index contributed by atoms with van der Waals surface area (Å²) in [6.45, 7) is 1.62. The second kappa shape index (κ2) is 8.19. The third-order valence-corrected chi connectivity index (χ3v) is 5.34. The van der Waals surface area contributed by atoms with Gasteiger partial charge in [0.25, 0.3) is 0 Å². The van der Waals surface area contributed by atoms with Crippen LogP contribution in [0.2, 0.25) is 0 Å². The summed E-state index contributed by atoms with van der Waals surface area (Å²) in [5.74, 6) is -1.04. The van der Waals surface area contributed by atoms with Gasteiger partial charge in [-0.15, -0.1) is 11.8 Å². The molecular weight excluding hydrogens is 368 g/mol. The van der Waals surface area contributed by atoms with Crippen LogP contribution in [0.25, 0.3) is 0 Å². The van der Waals surface area contributed by atoms with Gasteiger partial charge in [-0.05, 0) is 31.2 Å². The van der Waals surface area contributed by atoms with E-state index in [0.29, 0.717) is 11.5 Å². The van der Waals surface area contributed by atoms with Crippen LogP contribution in [0, 0.1) is 0 Å². The molecule has 1 aromatic carbocycles. The van der Waals surface area contributed by atoms with Crippen molar-refractivity contribution in [3.05, 3.63) is 48.7 Å². The molecule has 8 nitrogen and oxygen atoms in total. The minimum Gasteiger partial charge on any atom is -0.309 e. The fraction of sp³-hybridized carbons (Fsp3) is 0.222. The number of aromatic nitrogens is 1. The Hall–Kier alpha value is -2.91. The van der Waals surface area contributed by atoms with Crippen molar-refractivity contribution in [2.75, 3.05) is 10.2 Å². The van der Waals surface area contributed by atoms with Crippen LogP contribution in [0.15, 0.2) is 53.6 Å². The van der Waals surface area contributed by atoms with E-state index in [1.165, 1.54) is 16.7 Å². The molecule has 3 rings (SSSR count). The third-order valence-electron chi connectivity index (χ3n) is 4.09.